The van der Waals surface area contributed by atoms with Crippen LogP contribution in [0.1, 0.15) is 39.0 Å². The van der Waals surface area contributed by atoms with E-state index in [2.05, 4.69) is 6.92 Å². The van der Waals surface area contributed by atoms with Crippen LogP contribution in [0.5, 0.6) is 0 Å². The van der Waals surface area contributed by atoms with Gasteiger partial charge in [-0.1, -0.05) is 6.92 Å². The maximum absolute atomic E-state index is 10.1. The summed E-state index contributed by atoms with van der Waals surface area (Å²) < 4.78 is 0. The van der Waals surface area contributed by atoms with E-state index in [1.807, 2.05) is 0 Å². The lowest BCUT2D eigenvalue weighted by Gasteiger charge is -2.28. The quantitative estimate of drug-likeness (QED) is 0.666. The fourth-order valence-electron chi connectivity index (χ4n) is 2.38. The smallest absolute Gasteiger partial charge is 0.0664 e. The molecule has 0 aliphatic heterocycles. The van der Waals surface area contributed by atoms with E-state index >= 15 is 0 Å². The number of nitrogens with two attached hydrogens (primary N) is 1. The van der Waals surface area contributed by atoms with Gasteiger partial charge in [0.2, 0.25) is 0 Å². The van der Waals surface area contributed by atoms with Gasteiger partial charge in [-0.2, -0.15) is 0 Å². The van der Waals surface area contributed by atoms with Gasteiger partial charge in [-0.15, -0.1) is 0 Å². The molecule has 2 nitrogen and oxygen atoms in total. The van der Waals surface area contributed by atoms with Gasteiger partial charge in [0.25, 0.3) is 0 Å². The highest BCUT2D eigenvalue weighted by atomic mass is 16.3. The first-order chi connectivity index (χ1) is 5.69. The molecule has 0 aromatic rings. The number of rotatable bonds is 4. The van der Waals surface area contributed by atoms with Crippen molar-refractivity contribution in [2.75, 3.05) is 6.54 Å². The third-order valence-corrected chi connectivity index (χ3v) is 4.06. The molecule has 1 unspecified atom stereocenters. The third kappa shape index (κ3) is 1.01. The van der Waals surface area contributed by atoms with Crippen LogP contribution in [0, 0.1) is 10.8 Å². The first kappa shape index (κ1) is 8.52. The van der Waals surface area contributed by atoms with E-state index in [9.17, 15) is 5.11 Å². The summed E-state index contributed by atoms with van der Waals surface area (Å²) >= 11 is 0. The third-order valence-electron chi connectivity index (χ3n) is 4.06. The van der Waals surface area contributed by atoms with E-state index in [0.717, 1.165) is 19.3 Å². The Morgan fingerprint density at radius 1 is 1.25 bits per heavy atom. The van der Waals surface area contributed by atoms with Gasteiger partial charge in [-0.25, -0.2) is 0 Å². The van der Waals surface area contributed by atoms with Gasteiger partial charge in [-0.05, 0) is 37.5 Å². The summed E-state index contributed by atoms with van der Waals surface area (Å²) in [4.78, 5) is 0. The zero-order valence-corrected chi connectivity index (χ0v) is 7.84. The van der Waals surface area contributed by atoms with E-state index in [-0.39, 0.29) is 16.9 Å². The SMILES string of the molecule is CCC1(C(O)C2(CN)CC2)CC1. The van der Waals surface area contributed by atoms with Gasteiger partial charge >= 0.3 is 0 Å². The lowest BCUT2D eigenvalue weighted by Crippen LogP contribution is -2.36. The van der Waals surface area contributed by atoms with Crippen LogP contribution >= 0.6 is 0 Å². The molecule has 0 radical (unpaired) electrons. The molecule has 2 aliphatic rings. The number of aliphatic hydroxyl groups is 1. The van der Waals surface area contributed by atoms with Crippen LogP contribution in [-0.2, 0) is 0 Å². The second kappa shape index (κ2) is 2.46. The molecule has 3 N–H and O–H groups in total. The van der Waals surface area contributed by atoms with Crippen molar-refractivity contribution in [2.45, 2.75) is 45.1 Å². The maximum Gasteiger partial charge on any atom is 0.0664 e. The van der Waals surface area contributed by atoms with Crippen LogP contribution in [0.4, 0.5) is 0 Å². The number of hydrogen-bond donors (Lipinski definition) is 2. The molecule has 0 aromatic carbocycles. The van der Waals surface area contributed by atoms with E-state index in [1.165, 1.54) is 12.8 Å². The van der Waals surface area contributed by atoms with Crippen LogP contribution in [0.25, 0.3) is 0 Å². The topological polar surface area (TPSA) is 46.2 Å². The molecular weight excluding hydrogens is 150 g/mol. The highest BCUT2D eigenvalue weighted by Gasteiger charge is 2.59. The molecule has 70 valence electrons. The van der Waals surface area contributed by atoms with Crippen molar-refractivity contribution >= 4 is 0 Å². The molecule has 0 aromatic heterocycles. The van der Waals surface area contributed by atoms with E-state index in [1.54, 1.807) is 0 Å². The number of hydrogen-bond acceptors (Lipinski definition) is 2. The predicted molar refractivity (Wildman–Crippen MR) is 48.7 cm³/mol. The molecule has 0 heterocycles. The minimum atomic E-state index is -0.111. The summed E-state index contributed by atoms with van der Waals surface area (Å²) in [6.07, 6.45) is 5.73. The van der Waals surface area contributed by atoms with Crippen LogP contribution in [0.2, 0.25) is 0 Å². The van der Waals surface area contributed by atoms with Crippen molar-refractivity contribution in [1.82, 2.24) is 0 Å². The van der Waals surface area contributed by atoms with Gasteiger partial charge in [0.1, 0.15) is 0 Å². The van der Waals surface area contributed by atoms with Crippen molar-refractivity contribution in [3.63, 3.8) is 0 Å². The van der Waals surface area contributed by atoms with Gasteiger partial charge in [-0.3, -0.25) is 0 Å². The first-order valence-corrected chi connectivity index (χ1v) is 5.07. The van der Waals surface area contributed by atoms with Crippen LogP contribution < -0.4 is 5.73 Å². The molecule has 0 saturated heterocycles. The highest BCUT2D eigenvalue weighted by Crippen LogP contribution is 2.62. The monoisotopic (exact) mass is 169 g/mol. The Morgan fingerprint density at radius 3 is 2.00 bits per heavy atom. The molecule has 12 heavy (non-hydrogen) atoms. The maximum atomic E-state index is 10.1. The number of aliphatic hydroxyl groups excluding tert-OH is 1. The Morgan fingerprint density at radius 2 is 1.75 bits per heavy atom. The zero-order chi connectivity index (χ0) is 8.82. The molecule has 0 spiro atoms. The fourth-order valence-corrected chi connectivity index (χ4v) is 2.38. The van der Waals surface area contributed by atoms with Crippen molar-refractivity contribution in [2.24, 2.45) is 16.6 Å². The molecule has 0 amide bonds. The fraction of sp³-hybridized carbons (Fsp3) is 1.00. The van der Waals surface area contributed by atoms with Gasteiger partial charge in [0.15, 0.2) is 0 Å². The van der Waals surface area contributed by atoms with Gasteiger partial charge in [0, 0.05) is 12.0 Å². The van der Waals surface area contributed by atoms with Crippen molar-refractivity contribution < 1.29 is 5.11 Å². The van der Waals surface area contributed by atoms with Crippen molar-refractivity contribution in [3.8, 4) is 0 Å². The summed E-state index contributed by atoms with van der Waals surface area (Å²) in [7, 11) is 0. The van der Waals surface area contributed by atoms with Crippen LogP contribution in [0.3, 0.4) is 0 Å². The normalized spacial score (nSPS) is 31.2. The lowest BCUT2D eigenvalue weighted by molar-refractivity contribution is 0.0251. The van der Waals surface area contributed by atoms with Crippen LogP contribution in [0.15, 0.2) is 0 Å². The zero-order valence-electron chi connectivity index (χ0n) is 7.84. The van der Waals surface area contributed by atoms with Crippen LogP contribution in [-0.4, -0.2) is 17.8 Å². The highest BCUT2D eigenvalue weighted by molar-refractivity contribution is 5.11. The Hall–Kier alpha value is -0.0800. The van der Waals surface area contributed by atoms with Crippen molar-refractivity contribution in [1.29, 1.82) is 0 Å². The molecule has 2 fully saturated rings. The summed E-state index contributed by atoms with van der Waals surface area (Å²) in [5.74, 6) is 0. The summed E-state index contributed by atoms with van der Waals surface area (Å²) in [5, 5.41) is 10.1. The molecule has 2 heteroatoms. The molecule has 0 bridgehead atoms. The first-order valence-electron chi connectivity index (χ1n) is 5.07. The Kier molecular flexibility index (Phi) is 1.74. The molecular formula is C10H19NO. The minimum absolute atomic E-state index is 0.111. The average Bonchev–Trinajstić information content (AvgIpc) is 3.00. The molecule has 1 atom stereocenters. The van der Waals surface area contributed by atoms with Crippen molar-refractivity contribution in [3.05, 3.63) is 0 Å². The predicted octanol–water partition coefficient (Wildman–Crippen LogP) is 1.28. The van der Waals surface area contributed by atoms with Gasteiger partial charge < -0.3 is 10.8 Å². The van der Waals surface area contributed by atoms with Gasteiger partial charge in [0.05, 0.1) is 6.10 Å². The molecule has 2 aliphatic carbocycles. The Bertz CT molecular complexity index is 162. The van der Waals surface area contributed by atoms with E-state index in [0.29, 0.717) is 6.54 Å². The Balaban J connectivity index is 2.04. The molecule has 2 rings (SSSR count). The largest absolute Gasteiger partial charge is 0.392 e. The molecule has 2 saturated carbocycles. The lowest BCUT2D eigenvalue weighted by atomic mass is 9.84. The second-order valence-electron chi connectivity index (χ2n) is 4.68. The van der Waals surface area contributed by atoms with E-state index < -0.39 is 0 Å². The van der Waals surface area contributed by atoms with E-state index in [4.69, 9.17) is 5.73 Å². The average molecular weight is 169 g/mol. The standard InChI is InChI=1S/C10H19NO/c1-2-9(3-4-9)8(12)10(7-11)5-6-10/h8,12H,2-7,11H2,1H3. The minimum Gasteiger partial charge on any atom is -0.392 e. The summed E-state index contributed by atoms with van der Waals surface area (Å²) in [6, 6.07) is 0. The second-order valence-corrected chi connectivity index (χ2v) is 4.68. The Labute approximate surface area is 74.1 Å². The summed E-state index contributed by atoms with van der Waals surface area (Å²) in [5.41, 5.74) is 6.09. The summed E-state index contributed by atoms with van der Waals surface area (Å²) in [6.45, 7) is 2.86.